The summed E-state index contributed by atoms with van der Waals surface area (Å²) in [7, 11) is 0. The van der Waals surface area contributed by atoms with Crippen LogP contribution in [-0.2, 0) is 16.0 Å². The van der Waals surface area contributed by atoms with Crippen LogP contribution in [0.15, 0.2) is 29.1 Å². The van der Waals surface area contributed by atoms with Crippen LogP contribution in [0.25, 0.3) is 10.9 Å². The highest BCUT2D eigenvalue weighted by Crippen LogP contribution is 2.21. The van der Waals surface area contributed by atoms with Gasteiger partial charge >= 0.3 is 5.97 Å². The van der Waals surface area contributed by atoms with Crippen molar-refractivity contribution in [3.63, 3.8) is 0 Å². The van der Waals surface area contributed by atoms with Gasteiger partial charge in [0.15, 0.2) is 5.78 Å². The number of carbonyl (C=O) groups is 2. The van der Waals surface area contributed by atoms with Gasteiger partial charge in [0.25, 0.3) is 5.56 Å². The van der Waals surface area contributed by atoms with E-state index in [9.17, 15) is 14.4 Å². The van der Waals surface area contributed by atoms with Crippen molar-refractivity contribution in [3.05, 3.63) is 63.0 Å². The molecule has 3 aromatic rings. The van der Waals surface area contributed by atoms with Gasteiger partial charge in [-0.25, -0.2) is 9.78 Å². The van der Waals surface area contributed by atoms with Gasteiger partial charge in [0.1, 0.15) is 5.82 Å². The number of aromatic amines is 2. The number of H-pyrrole nitrogens is 2. The standard InChI is InChI=1S/C25H30N4O5/c1-4-33-25(32)22-15(2)23(26-16(22)3)20(30)13-29(12-17-8-7-11-34-17)14-21-27-19-10-6-5-9-18(19)24(31)28-21/h5-6,9-10,17,26H,4,7-8,11-14H2,1-3H3,(H,27,28,31). The summed E-state index contributed by atoms with van der Waals surface area (Å²) in [6.07, 6.45) is 1.91. The maximum Gasteiger partial charge on any atom is 0.340 e. The molecule has 9 heteroatoms. The van der Waals surface area contributed by atoms with E-state index < -0.39 is 5.97 Å². The molecule has 0 saturated carbocycles. The number of hydrogen-bond donors (Lipinski definition) is 2. The minimum Gasteiger partial charge on any atom is -0.462 e. The summed E-state index contributed by atoms with van der Waals surface area (Å²) in [5.74, 6) is -0.111. The Labute approximate surface area is 197 Å². The predicted octanol–water partition coefficient (Wildman–Crippen LogP) is 2.91. The van der Waals surface area contributed by atoms with Crippen molar-refractivity contribution in [1.82, 2.24) is 19.9 Å². The van der Waals surface area contributed by atoms with E-state index in [1.54, 1.807) is 39.0 Å². The lowest BCUT2D eigenvalue weighted by Gasteiger charge is -2.24. The van der Waals surface area contributed by atoms with Crippen LogP contribution in [-0.4, -0.2) is 64.0 Å². The Balaban J connectivity index is 1.58. The van der Waals surface area contributed by atoms with Crippen molar-refractivity contribution in [2.24, 2.45) is 0 Å². The fourth-order valence-electron chi connectivity index (χ4n) is 4.50. The quantitative estimate of drug-likeness (QED) is 0.368. The first-order valence-electron chi connectivity index (χ1n) is 11.6. The van der Waals surface area contributed by atoms with Crippen LogP contribution in [0.4, 0.5) is 0 Å². The first-order chi connectivity index (χ1) is 16.4. The van der Waals surface area contributed by atoms with E-state index in [1.165, 1.54) is 0 Å². The Hall–Kier alpha value is -3.30. The van der Waals surface area contributed by atoms with E-state index in [-0.39, 0.29) is 37.1 Å². The van der Waals surface area contributed by atoms with Crippen molar-refractivity contribution in [2.45, 2.75) is 46.3 Å². The molecule has 1 saturated heterocycles. The molecule has 0 amide bonds. The van der Waals surface area contributed by atoms with E-state index in [1.807, 2.05) is 11.0 Å². The van der Waals surface area contributed by atoms with E-state index >= 15 is 0 Å². The molecule has 2 aromatic heterocycles. The van der Waals surface area contributed by atoms with Crippen molar-refractivity contribution in [2.75, 3.05) is 26.3 Å². The molecule has 0 bridgehead atoms. The van der Waals surface area contributed by atoms with Gasteiger partial charge in [-0.1, -0.05) is 12.1 Å². The lowest BCUT2D eigenvalue weighted by Crippen LogP contribution is -2.37. The number of aromatic nitrogens is 3. The second kappa shape index (κ2) is 10.3. The monoisotopic (exact) mass is 466 g/mol. The van der Waals surface area contributed by atoms with E-state index in [0.717, 1.165) is 12.8 Å². The van der Waals surface area contributed by atoms with Crippen LogP contribution in [0.3, 0.4) is 0 Å². The molecule has 1 unspecified atom stereocenters. The Morgan fingerprint density at radius 2 is 2.03 bits per heavy atom. The lowest BCUT2D eigenvalue weighted by molar-refractivity contribution is 0.0525. The molecule has 1 atom stereocenters. The number of aryl methyl sites for hydroxylation is 1. The second-order valence-corrected chi connectivity index (χ2v) is 8.60. The first-order valence-corrected chi connectivity index (χ1v) is 11.6. The van der Waals surface area contributed by atoms with E-state index in [0.29, 0.717) is 52.4 Å². The molecule has 1 aromatic carbocycles. The van der Waals surface area contributed by atoms with Crippen LogP contribution in [0.5, 0.6) is 0 Å². The predicted molar refractivity (Wildman–Crippen MR) is 127 cm³/mol. The van der Waals surface area contributed by atoms with Crippen molar-refractivity contribution < 1.29 is 19.1 Å². The van der Waals surface area contributed by atoms with Crippen molar-refractivity contribution >= 4 is 22.7 Å². The molecule has 34 heavy (non-hydrogen) atoms. The number of para-hydroxylation sites is 1. The zero-order chi connectivity index (χ0) is 24.2. The van der Waals surface area contributed by atoms with Gasteiger partial charge in [-0.15, -0.1) is 0 Å². The fraction of sp³-hybridized carbons (Fsp3) is 0.440. The molecule has 3 heterocycles. The Bertz CT molecular complexity index is 1260. The number of fused-ring (bicyclic) bond motifs is 1. The lowest BCUT2D eigenvalue weighted by atomic mass is 10.1. The summed E-state index contributed by atoms with van der Waals surface area (Å²) in [6, 6.07) is 7.16. The number of ketones is 1. The first kappa shape index (κ1) is 23.8. The number of rotatable bonds is 9. The van der Waals surface area contributed by atoms with Gasteiger partial charge in [-0.05, 0) is 51.3 Å². The van der Waals surface area contributed by atoms with Crippen LogP contribution in [0.1, 0.15) is 57.7 Å². The summed E-state index contributed by atoms with van der Waals surface area (Å²) in [5, 5.41) is 0.525. The average molecular weight is 467 g/mol. The van der Waals surface area contributed by atoms with Crippen LogP contribution >= 0.6 is 0 Å². The summed E-state index contributed by atoms with van der Waals surface area (Å²) in [6.45, 7) is 7.11. The second-order valence-electron chi connectivity index (χ2n) is 8.60. The SMILES string of the molecule is CCOC(=O)c1c(C)[nH]c(C(=O)CN(Cc2nc3ccccc3c(=O)[nH]2)CC2CCCO2)c1C. The number of carbonyl (C=O) groups excluding carboxylic acids is 2. The molecule has 0 aliphatic carbocycles. The third-order valence-corrected chi connectivity index (χ3v) is 6.08. The molecule has 0 radical (unpaired) electrons. The number of nitrogens with zero attached hydrogens (tertiary/aromatic N) is 2. The van der Waals surface area contributed by atoms with Crippen LogP contribution in [0.2, 0.25) is 0 Å². The van der Waals surface area contributed by atoms with Gasteiger partial charge in [-0.2, -0.15) is 0 Å². The molecule has 0 spiro atoms. The molecule has 1 fully saturated rings. The highest BCUT2D eigenvalue weighted by atomic mass is 16.5. The highest BCUT2D eigenvalue weighted by molar-refractivity contribution is 6.02. The summed E-state index contributed by atoms with van der Waals surface area (Å²) >= 11 is 0. The Morgan fingerprint density at radius 3 is 2.76 bits per heavy atom. The maximum atomic E-state index is 13.3. The molecule has 180 valence electrons. The van der Waals surface area contributed by atoms with Gasteiger partial charge < -0.3 is 19.4 Å². The number of nitrogens with one attached hydrogen (secondary N) is 2. The summed E-state index contributed by atoms with van der Waals surface area (Å²) < 4.78 is 10.9. The molecule has 1 aliphatic rings. The summed E-state index contributed by atoms with van der Waals surface area (Å²) in [5.41, 5.74) is 2.37. The Kier molecular flexibility index (Phi) is 7.23. The van der Waals surface area contributed by atoms with Crippen LogP contribution < -0.4 is 5.56 Å². The smallest absolute Gasteiger partial charge is 0.340 e. The number of benzene rings is 1. The minimum absolute atomic E-state index is 0.0153. The Morgan fingerprint density at radius 1 is 1.24 bits per heavy atom. The fourth-order valence-corrected chi connectivity index (χ4v) is 4.50. The van der Waals surface area contributed by atoms with Gasteiger partial charge in [0.05, 0.1) is 48.0 Å². The van der Waals surface area contributed by atoms with E-state index in [4.69, 9.17) is 9.47 Å². The minimum atomic E-state index is -0.443. The van der Waals surface area contributed by atoms with Gasteiger partial charge in [0.2, 0.25) is 0 Å². The van der Waals surface area contributed by atoms with Crippen LogP contribution in [0, 0.1) is 13.8 Å². The third-order valence-electron chi connectivity index (χ3n) is 6.08. The molecule has 1 aliphatic heterocycles. The van der Waals surface area contributed by atoms with Gasteiger partial charge in [-0.3, -0.25) is 14.5 Å². The molecular weight excluding hydrogens is 436 g/mol. The molecule has 4 rings (SSSR count). The number of Topliss-reactive ketones (excluding diaryl/α,β-unsaturated/α-hetero) is 1. The zero-order valence-corrected chi connectivity index (χ0v) is 19.8. The van der Waals surface area contributed by atoms with Crippen molar-refractivity contribution in [3.8, 4) is 0 Å². The van der Waals surface area contributed by atoms with Gasteiger partial charge in [0, 0.05) is 18.8 Å². The average Bonchev–Trinajstić information content (AvgIpc) is 3.41. The van der Waals surface area contributed by atoms with Crippen molar-refractivity contribution in [1.29, 1.82) is 0 Å². The third kappa shape index (κ3) is 5.10. The molecular formula is C25H30N4O5. The largest absolute Gasteiger partial charge is 0.462 e. The highest BCUT2D eigenvalue weighted by Gasteiger charge is 2.26. The number of ether oxygens (including phenoxy) is 2. The normalized spacial score (nSPS) is 15.8. The number of esters is 1. The molecule has 2 N–H and O–H groups in total. The topological polar surface area (TPSA) is 117 Å². The molecule has 9 nitrogen and oxygen atoms in total. The maximum absolute atomic E-state index is 13.3. The number of hydrogen-bond acceptors (Lipinski definition) is 7. The zero-order valence-electron chi connectivity index (χ0n) is 19.8. The van der Waals surface area contributed by atoms with E-state index in [2.05, 4.69) is 15.0 Å². The summed E-state index contributed by atoms with van der Waals surface area (Å²) in [4.78, 5) is 50.6.